The fraction of sp³-hybridized carbons (Fsp3) is 0.429. The highest BCUT2D eigenvalue weighted by molar-refractivity contribution is 5.74. The van der Waals surface area contributed by atoms with Crippen molar-refractivity contribution in [3.63, 3.8) is 0 Å². The molecule has 0 saturated heterocycles. The highest BCUT2D eigenvalue weighted by Crippen LogP contribution is 2.04. The van der Waals surface area contributed by atoms with Crippen LogP contribution in [0, 0.1) is 13.8 Å². The number of aromatic nitrogens is 2. The fourth-order valence-corrected chi connectivity index (χ4v) is 0.956. The summed E-state index contributed by atoms with van der Waals surface area (Å²) < 4.78 is 1.78. The van der Waals surface area contributed by atoms with Crippen LogP contribution in [0.4, 0.5) is 0 Å². The Morgan fingerprint density at radius 1 is 1.50 bits per heavy atom. The molecule has 0 unspecified atom stereocenters. The van der Waals surface area contributed by atoms with E-state index in [-0.39, 0.29) is 0 Å². The van der Waals surface area contributed by atoms with E-state index in [0.29, 0.717) is 5.69 Å². The SMILES string of the molecule is Cc1nc(C)n(C)c1C=O. The molecule has 0 saturated carbocycles. The third kappa shape index (κ3) is 0.835. The molecule has 3 heteroatoms. The molecule has 3 nitrogen and oxygen atoms in total. The zero-order valence-electron chi connectivity index (χ0n) is 6.38. The van der Waals surface area contributed by atoms with Gasteiger partial charge < -0.3 is 4.57 Å². The summed E-state index contributed by atoms with van der Waals surface area (Å²) in [5.41, 5.74) is 1.47. The van der Waals surface area contributed by atoms with E-state index < -0.39 is 0 Å². The lowest BCUT2D eigenvalue weighted by molar-refractivity contribution is 0.111. The summed E-state index contributed by atoms with van der Waals surface area (Å²) in [5, 5.41) is 0. The monoisotopic (exact) mass is 138 g/mol. The van der Waals surface area contributed by atoms with Gasteiger partial charge in [-0.15, -0.1) is 0 Å². The number of aryl methyl sites for hydroxylation is 2. The predicted molar refractivity (Wildman–Crippen MR) is 38.1 cm³/mol. The zero-order valence-corrected chi connectivity index (χ0v) is 6.38. The second-order valence-corrected chi connectivity index (χ2v) is 2.31. The van der Waals surface area contributed by atoms with Gasteiger partial charge in [0.1, 0.15) is 11.5 Å². The molecule has 0 fully saturated rings. The van der Waals surface area contributed by atoms with Crippen molar-refractivity contribution in [1.29, 1.82) is 0 Å². The Labute approximate surface area is 59.7 Å². The predicted octanol–water partition coefficient (Wildman–Crippen LogP) is 0.849. The Kier molecular flexibility index (Phi) is 1.57. The minimum absolute atomic E-state index is 0.664. The number of carbonyl (C=O) groups excluding carboxylic acids is 1. The number of imidazole rings is 1. The molecule has 0 bridgehead atoms. The summed E-state index contributed by atoms with van der Waals surface area (Å²) in [6.07, 6.45) is 0.829. The highest BCUT2D eigenvalue weighted by atomic mass is 16.1. The first-order valence-corrected chi connectivity index (χ1v) is 3.12. The van der Waals surface area contributed by atoms with Gasteiger partial charge in [-0.1, -0.05) is 0 Å². The number of rotatable bonds is 1. The van der Waals surface area contributed by atoms with Gasteiger partial charge in [0.2, 0.25) is 0 Å². The van der Waals surface area contributed by atoms with Gasteiger partial charge in [0.25, 0.3) is 0 Å². The van der Waals surface area contributed by atoms with E-state index in [2.05, 4.69) is 4.98 Å². The lowest BCUT2D eigenvalue weighted by Gasteiger charge is -1.93. The Morgan fingerprint density at radius 3 is 2.30 bits per heavy atom. The summed E-state index contributed by atoms with van der Waals surface area (Å²) in [4.78, 5) is 14.5. The van der Waals surface area contributed by atoms with Crippen LogP contribution in [0.15, 0.2) is 0 Å². The molecular weight excluding hydrogens is 128 g/mol. The van der Waals surface area contributed by atoms with E-state index in [4.69, 9.17) is 0 Å². The van der Waals surface area contributed by atoms with Crippen molar-refractivity contribution in [3.8, 4) is 0 Å². The Morgan fingerprint density at radius 2 is 2.10 bits per heavy atom. The van der Waals surface area contributed by atoms with Gasteiger partial charge in [-0.2, -0.15) is 0 Å². The first-order valence-electron chi connectivity index (χ1n) is 3.12. The van der Waals surface area contributed by atoms with Crippen molar-refractivity contribution in [1.82, 2.24) is 9.55 Å². The van der Waals surface area contributed by atoms with Gasteiger partial charge in [0, 0.05) is 7.05 Å². The van der Waals surface area contributed by atoms with Crippen molar-refractivity contribution < 1.29 is 4.79 Å². The molecule has 0 aliphatic heterocycles. The Bertz CT molecular complexity index is 263. The van der Waals surface area contributed by atoms with Crippen molar-refractivity contribution >= 4 is 6.29 Å². The van der Waals surface area contributed by atoms with E-state index in [0.717, 1.165) is 17.8 Å². The van der Waals surface area contributed by atoms with Crippen LogP contribution < -0.4 is 0 Å². The lowest BCUT2D eigenvalue weighted by Crippen LogP contribution is -1.96. The van der Waals surface area contributed by atoms with E-state index in [9.17, 15) is 4.79 Å². The second kappa shape index (κ2) is 2.25. The van der Waals surface area contributed by atoms with Crippen molar-refractivity contribution in [2.45, 2.75) is 13.8 Å². The van der Waals surface area contributed by atoms with Gasteiger partial charge in [-0.3, -0.25) is 4.79 Å². The van der Waals surface area contributed by atoms with Crippen molar-refractivity contribution in [2.24, 2.45) is 7.05 Å². The second-order valence-electron chi connectivity index (χ2n) is 2.31. The molecule has 0 aliphatic rings. The summed E-state index contributed by atoms with van der Waals surface area (Å²) in [5.74, 6) is 0.875. The van der Waals surface area contributed by atoms with Crippen LogP contribution in [-0.2, 0) is 7.05 Å². The van der Waals surface area contributed by atoms with Crippen LogP contribution in [0.2, 0.25) is 0 Å². The topological polar surface area (TPSA) is 34.9 Å². The van der Waals surface area contributed by atoms with Crippen LogP contribution in [0.25, 0.3) is 0 Å². The van der Waals surface area contributed by atoms with Gasteiger partial charge in [-0.25, -0.2) is 4.98 Å². The molecule has 0 aliphatic carbocycles. The Hall–Kier alpha value is -1.12. The normalized spacial score (nSPS) is 9.90. The lowest BCUT2D eigenvalue weighted by atomic mass is 10.4. The molecule has 0 radical (unpaired) electrons. The van der Waals surface area contributed by atoms with E-state index in [1.54, 1.807) is 4.57 Å². The van der Waals surface area contributed by atoms with E-state index in [1.165, 1.54) is 0 Å². The summed E-state index contributed by atoms with van der Waals surface area (Å²) in [6.45, 7) is 3.71. The minimum atomic E-state index is 0.664. The summed E-state index contributed by atoms with van der Waals surface area (Å²) in [6, 6.07) is 0. The van der Waals surface area contributed by atoms with Gasteiger partial charge in [0.05, 0.1) is 5.69 Å². The Balaban J connectivity index is 3.33. The molecule has 1 aromatic rings. The number of nitrogens with zero attached hydrogens (tertiary/aromatic N) is 2. The van der Waals surface area contributed by atoms with Gasteiger partial charge in [0.15, 0.2) is 6.29 Å². The molecule has 1 heterocycles. The first kappa shape index (κ1) is 6.99. The molecule has 1 aromatic heterocycles. The molecular formula is C7H10N2O. The molecule has 0 aromatic carbocycles. The van der Waals surface area contributed by atoms with Crippen LogP contribution in [0.1, 0.15) is 22.0 Å². The number of carbonyl (C=O) groups is 1. The fourth-order valence-electron chi connectivity index (χ4n) is 0.956. The smallest absolute Gasteiger partial charge is 0.168 e. The third-order valence-electron chi connectivity index (χ3n) is 1.66. The van der Waals surface area contributed by atoms with Crippen LogP contribution in [0.3, 0.4) is 0 Å². The first-order chi connectivity index (χ1) is 4.66. The number of aldehydes is 1. The summed E-state index contributed by atoms with van der Waals surface area (Å²) >= 11 is 0. The maximum absolute atomic E-state index is 10.4. The average Bonchev–Trinajstić information content (AvgIpc) is 2.09. The molecule has 0 atom stereocenters. The summed E-state index contributed by atoms with van der Waals surface area (Å²) in [7, 11) is 1.83. The zero-order chi connectivity index (χ0) is 7.72. The molecule has 0 spiro atoms. The standard InChI is InChI=1S/C7H10N2O/c1-5-7(4-10)9(3)6(2)8-5/h4H,1-3H3. The maximum atomic E-state index is 10.4. The molecule has 54 valence electrons. The average molecular weight is 138 g/mol. The minimum Gasteiger partial charge on any atom is -0.329 e. The van der Waals surface area contributed by atoms with Crippen LogP contribution in [0.5, 0.6) is 0 Å². The van der Waals surface area contributed by atoms with Crippen LogP contribution >= 0.6 is 0 Å². The van der Waals surface area contributed by atoms with Crippen LogP contribution in [-0.4, -0.2) is 15.8 Å². The molecule has 0 N–H and O–H groups in total. The maximum Gasteiger partial charge on any atom is 0.168 e. The van der Waals surface area contributed by atoms with Crippen molar-refractivity contribution in [2.75, 3.05) is 0 Å². The quantitative estimate of drug-likeness (QED) is 0.539. The van der Waals surface area contributed by atoms with E-state index >= 15 is 0 Å². The molecule has 0 amide bonds. The van der Waals surface area contributed by atoms with Crippen molar-refractivity contribution in [3.05, 3.63) is 17.2 Å². The van der Waals surface area contributed by atoms with E-state index in [1.807, 2.05) is 20.9 Å². The number of hydrogen-bond donors (Lipinski definition) is 0. The molecule has 10 heavy (non-hydrogen) atoms. The largest absolute Gasteiger partial charge is 0.329 e. The molecule has 1 rings (SSSR count). The van der Waals surface area contributed by atoms with Gasteiger partial charge in [-0.05, 0) is 13.8 Å². The number of hydrogen-bond acceptors (Lipinski definition) is 2. The highest BCUT2D eigenvalue weighted by Gasteiger charge is 2.05. The third-order valence-corrected chi connectivity index (χ3v) is 1.66. The van der Waals surface area contributed by atoms with Gasteiger partial charge >= 0.3 is 0 Å².